The van der Waals surface area contributed by atoms with Crippen molar-refractivity contribution >= 4 is 28.3 Å². The number of hydrogen-bond donors (Lipinski definition) is 2. The summed E-state index contributed by atoms with van der Waals surface area (Å²) >= 11 is 0. The normalized spacial score (nSPS) is 10.4. The van der Waals surface area contributed by atoms with E-state index in [9.17, 15) is 19.2 Å². The Hall–Kier alpha value is -3.61. The van der Waals surface area contributed by atoms with Crippen LogP contribution in [0.5, 0.6) is 0 Å². The highest BCUT2D eigenvalue weighted by molar-refractivity contribution is 5.95. The lowest BCUT2D eigenvalue weighted by Gasteiger charge is -2.03. The Kier molecular flexibility index (Phi) is 4.21. The van der Waals surface area contributed by atoms with Gasteiger partial charge in [-0.25, -0.2) is 5.43 Å². The minimum Gasteiger partial charge on any atom is -0.326 e. The van der Waals surface area contributed by atoms with E-state index in [2.05, 4.69) is 15.8 Å². The molecule has 0 aromatic heterocycles. The molecule has 0 spiro atoms. The fraction of sp³-hybridized carbons (Fsp3) is 0.0556. The van der Waals surface area contributed by atoms with Gasteiger partial charge in [-0.2, -0.15) is 5.10 Å². The molecule has 0 saturated carbocycles. The van der Waals surface area contributed by atoms with E-state index in [4.69, 9.17) is 0 Å². The van der Waals surface area contributed by atoms with E-state index in [1.54, 1.807) is 36.4 Å². The van der Waals surface area contributed by atoms with E-state index in [0.717, 1.165) is 0 Å². The number of nitrogens with zero attached hydrogens (tertiary/aromatic N) is 1. The van der Waals surface area contributed by atoms with E-state index in [0.29, 0.717) is 5.69 Å². The number of rotatable bonds is 3. The topological polar surface area (TPSA) is 105 Å². The van der Waals surface area contributed by atoms with Crippen LogP contribution in [0.15, 0.2) is 63.2 Å². The Morgan fingerprint density at radius 3 is 1.96 bits per heavy atom. The smallest absolute Gasteiger partial charge is 0.271 e. The fourth-order valence-corrected chi connectivity index (χ4v) is 2.42. The summed E-state index contributed by atoms with van der Waals surface area (Å²) in [6.07, 6.45) is 0. The van der Waals surface area contributed by atoms with Crippen molar-refractivity contribution in [3.8, 4) is 0 Å². The summed E-state index contributed by atoms with van der Waals surface area (Å²) in [5.74, 6) is -0.792. The van der Waals surface area contributed by atoms with Gasteiger partial charge >= 0.3 is 0 Å². The van der Waals surface area contributed by atoms with Gasteiger partial charge in [0.15, 0.2) is 5.36 Å². The number of benzene rings is 2. The van der Waals surface area contributed by atoms with E-state index in [-0.39, 0.29) is 27.6 Å². The molecule has 3 aromatic rings. The Balaban J connectivity index is 1.87. The van der Waals surface area contributed by atoms with Crippen LogP contribution in [0.25, 0.3) is 10.8 Å². The second-order valence-corrected chi connectivity index (χ2v) is 5.36. The number of fused-ring (bicyclic) bond motifs is 1. The first-order valence-electron chi connectivity index (χ1n) is 7.41. The monoisotopic (exact) mass is 335 g/mol. The summed E-state index contributed by atoms with van der Waals surface area (Å²) in [6.45, 7) is 1.38. The largest absolute Gasteiger partial charge is 0.326 e. The van der Waals surface area contributed by atoms with Crippen molar-refractivity contribution < 1.29 is 9.59 Å². The maximum atomic E-state index is 12.2. The van der Waals surface area contributed by atoms with E-state index in [1.165, 1.54) is 19.1 Å². The van der Waals surface area contributed by atoms with Gasteiger partial charge in [0.25, 0.3) is 5.91 Å². The Morgan fingerprint density at radius 2 is 1.44 bits per heavy atom. The molecule has 2 N–H and O–H groups in total. The van der Waals surface area contributed by atoms with Crippen LogP contribution in [0.4, 0.5) is 5.69 Å². The Labute approximate surface area is 141 Å². The van der Waals surface area contributed by atoms with Crippen LogP contribution in [0.2, 0.25) is 0 Å². The molecule has 0 aliphatic rings. The third kappa shape index (κ3) is 3.20. The van der Waals surface area contributed by atoms with E-state index in [1.807, 2.05) is 0 Å². The number of hydrogen-bond acceptors (Lipinski definition) is 5. The minimum absolute atomic E-state index is 0.221. The summed E-state index contributed by atoms with van der Waals surface area (Å²) in [5.41, 5.74) is 2.01. The van der Waals surface area contributed by atoms with Crippen molar-refractivity contribution in [2.45, 2.75) is 6.92 Å². The number of nitrogens with one attached hydrogen (secondary N) is 2. The third-order valence-electron chi connectivity index (χ3n) is 3.58. The van der Waals surface area contributed by atoms with Gasteiger partial charge in [-0.1, -0.05) is 24.3 Å². The van der Waals surface area contributed by atoms with Crippen LogP contribution >= 0.6 is 0 Å². The third-order valence-corrected chi connectivity index (χ3v) is 3.58. The lowest BCUT2D eigenvalue weighted by Crippen LogP contribution is -2.35. The van der Waals surface area contributed by atoms with Crippen LogP contribution in [0.1, 0.15) is 17.3 Å². The van der Waals surface area contributed by atoms with Crippen LogP contribution in [0.3, 0.4) is 0 Å². The molecule has 7 nitrogen and oxygen atoms in total. The van der Waals surface area contributed by atoms with Gasteiger partial charge in [-0.3, -0.25) is 19.2 Å². The zero-order chi connectivity index (χ0) is 18.0. The van der Waals surface area contributed by atoms with Crippen molar-refractivity contribution in [3.05, 3.63) is 79.9 Å². The van der Waals surface area contributed by atoms with Gasteiger partial charge < -0.3 is 5.32 Å². The molecule has 0 aliphatic heterocycles. The summed E-state index contributed by atoms with van der Waals surface area (Å²) < 4.78 is 0. The van der Waals surface area contributed by atoms with Gasteiger partial charge in [-0.05, 0) is 24.3 Å². The number of amides is 2. The molecule has 0 saturated heterocycles. The average Bonchev–Trinajstić information content (AvgIpc) is 2.84. The number of carbonyl (C=O) groups is 2. The molecule has 3 rings (SSSR count). The molecule has 0 unspecified atom stereocenters. The molecule has 0 heterocycles. The predicted molar refractivity (Wildman–Crippen MR) is 92.6 cm³/mol. The van der Waals surface area contributed by atoms with Gasteiger partial charge in [0.05, 0.1) is 0 Å². The Bertz CT molecular complexity index is 1070. The Morgan fingerprint density at radius 1 is 0.880 bits per heavy atom. The maximum absolute atomic E-state index is 12.2. The van der Waals surface area contributed by atoms with E-state index < -0.39 is 16.8 Å². The summed E-state index contributed by atoms with van der Waals surface area (Å²) in [4.78, 5) is 47.4. The second-order valence-electron chi connectivity index (χ2n) is 5.36. The lowest BCUT2D eigenvalue weighted by molar-refractivity contribution is -0.114. The molecule has 0 fully saturated rings. The van der Waals surface area contributed by atoms with Gasteiger partial charge in [0, 0.05) is 28.9 Å². The summed E-state index contributed by atoms with van der Waals surface area (Å²) in [5, 5.41) is 6.52. The van der Waals surface area contributed by atoms with Gasteiger partial charge in [0.2, 0.25) is 16.8 Å². The van der Waals surface area contributed by atoms with Crippen molar-refractivity contribution in [2.24, 2.45) is 5.10 Å². The first-order chi connectivity index (χ1) is 12.0. The lowest BCUT2D eigenvalue weighted by atomic mass is 10.2. The van der Waals surface area contributed by atoms with Crippen molar-refractivity contribution in [3.63, 3.8) is 0 Å². The molecular formula is C18H13N3O4. The molecule has 2 amide bonds. The van der Waals surface area contributed by atoms with E-state index >= 15 is 0 Å². The molecule has 0 atom stereocenters. The van der Waals surface area contributed by atoms with Crippen molar-refractivity contribution in [1.29, 1.82) is 0 Å². The van der Waals surface area contributed by atoms with Gasteiger partial charge in [-0.15, -0.1) is 0 Å². The highest BCUT2D eigenvalue weighted by Gasteiger charge is 2.11. The molecule has 0 aliphatic carbocycles. The minimum atomic E-state index is -0.571. The van der Waals surface area contributed by atoms with Crippen LogP contribution in [0, 0.1) is 0 Å². The van der Waals surface area contributed by atoms with Gasteiger partial charge in [0.1, 0.15) is 0 Å². The molecule has 0 radical (unpaired) electrons. The molecular weight excluding hydrogens is 322 g/mol. The molecule has 3 aromatic carbocycles. The zero-order valence-electron chi connectivity index (χ0n) is 13.2. The van der Waals surface area contributed by atoms with Crippen LogP contribution in [-0.4, -0.2) is 11.8 Å². The zero-order valence-corrected chi connectivity index (χ0v) is 13.2. The summed E-state index contributed by atoms with van der Waals surface area (Å²) in [7, 11) is 0. The summed E-state index contributed by atoms with van der Waals surface area (Å²) in [6, 6.07) is 12.5. The van der Waals surface area contributed by atoms with Crippen LogP contribution < -0.4 is 27.0 Å². The highest BCUT2D eigenvalue weighted by Crippen LogP contribution is 2.09. The average molecular weight is 335 g/mol. The second kappa shape index (κ2) is 6.48. The first-order valence-corrected chi connectivity index (χ1v) is 7.41. The highest BCUT2D eigenvalue weighted by atomic mass is 16.2. The maximum Gasteiger partial charge on any atom is 0.271 e. The first kappa shape index (κ1) is 16.3. The quantitative estimate of drug-likeness (QED) is 0.685. The molecule has 25 heavy (non-hydrogen) atoms. The molecule has 0 bridgehead atoms. The standard InChI is InChI=1S/C18H13N3O4/c1-10(22)19-12-8-6-11(7-9-12)18(25)21-20-15-16(23)13-4-2-3-5-14(13)17(15)24/h2-9H,1H3,(H,19,22)(H,21,25). The molecule has 7 heteroatoms. The molecule has 124 valence electrons. The fourth-order valence-electron chi connectivity index (χ4n) is 2.42. The number of carbonyl (C=O) groups excluding carboxylic acids is 2. The SMILES string of the molecule is CC(=O)Nc1ccc(C(=O)NN=c2c(=O)c3ccccc3c2=O)cc1. The predicted octanol–water partition coefficient (Wildman–Crippen LogP) is 0.640. The van der Waals surface area contributed by atoms with Crippen molar-refractivity contribution in [2.75, 3.05) is 5.32 Å². The number of anilines is 1. The van der Waals surface area contributed by atoms with Crippen molar-refractivity contribution in [1.82, 2.24) is 5.43 Å². The van der Waals surface area contributed by atoms with Crippen LogP contribution in [-0.2, 0) is 4.79 Å².